The number of thioether (sulfide) groups is 2. The first-order valence-electron chi connectivity index (χ1n) is 7.23. The first-order valence-corrected chi connectivity index (χ1v) is 9.20. The molecule has 21 heavy (non-hydrogen) atoms. The standard InChI is InChI=1S/C14H24N2O3S2/c1-13(2,3)10(15)11(17)16-8-14(7-9(16)12(18)19)20-5-4-6-21-14/h9-10H,4-8,15H2,1-3H3,(H,18,19). The van der Waals surface area contributed by atoms with Gasteiger partial charge in [-0.05, 0) is 23.3 Å². The summed E-state index contributed by atoms with van der Waals surface area (Å²) in [5.41, 5.74) is 5.68. The Bertz CT molecular complexity index is 430. The third kappa shape index (κ3) is 3.51. The number of hydrogen-bond donors (Lipinski definition) is 2. The van der Waals surface area contributed by atoms with E-state index in [2.05, 4.69) is 0 Å². The van der Waals surface area contributed by atoms with Crippen LogP contribution in [-0.4, -0.2) is 56.1 Å². The monoisotopic (exact) mass is 332 g/mol. The van der Waals surface area contributed by atoms with Crippen molar-refractivity contribution in [3.8, 4) is 0 Å². The zero-order valence-electron chi connectivity index (χ0n) is 12.8. The van der Waals surface area contributed by atoms with Gasteiger partial charge in [0.2, 0.25) is 5.91 Å². The molecule has 0 aliphatic carbocycles. The van der Waals surface area contributed by atoms with E-state index < -0.39 is 18.1 Å². The van der Waals surface area contributed by atoms with E-state index in [0.717, 1.165) is 17.9 Å². The van der Waals surface area contributed by atoms with Gasteiger partial charge in [-0.3, -0.25) is 4.79 Å². The molecule has 2 rings (SSSR count). The Morgan fingerprint density at radius 2 is 1.90 bits per heavy atom. The van der Waals surface area contributed by atoms with Gasteiger partial charge in [0, 0.05) is 13.0 Å². The number of carbonyl (C=O) groups is 2. The fourth-order valence-corrected chi connectivity index (χ4v) is 6.02. The van der Waals surface area contributed by atoms with Crippen LogP contribution in [0, 0.1) is 5.41 Å². The molecule has 1 spiro atoms. The Balaban J connectivity index is 2.20. The minimum absolute atomic E-state index is 0.158. The summed E-state index contributed by atoms with van der Waals surface area (Å²) in [4.78, 5) is 25.7. The third-order valence-electron chi connectivity index (χ3n) is 4.08. The molecule has 5 nitrogen and oxygen atoms in total. The largest absolute Gasteiger partial charge is 0.480 e. The van der Waals surface area contributed by atoms with Crippen molar-refractivity contribution < 1.29 is 14.7 Å². The van der Waals surface area contributed by atoms with Crippen LogP contribution in [-0.2, 0) is 9.59 Å². The van der Waals surface area contributed by atoms with Crippen LogP contribution in [0.4, 0.5) is 0 Å². The Kier molecular flexibility index (Phi) is 4.85. The van der Waals surface area contributed by atoms with Crippen LogP contribution in [0.2, 0.25) is 0 Å². The third-order valence-corrected chi connectivity index (χ3v) is 7.41. The SMILES string of the molecule is CC(C)(C)C(N)C(=O)N1CC2(CC1C(=O)O)SCCCS2. The molecular weight excluding hydrogens is 308 g/mol. The molecule has 1 amide bonds. The molecule has 2 fully saturated rings. The highest BCUT2D eigenvalue weighted by Crippen LogP contribution is 2.50. The van der Waals surface area contributed by atoms with Crippen molar-refractivity contribution in [1.82, 2.24) is 4.90 Å². The number of rotatable bonds is 2. The highest BCUT2D eigenvalue weighted by Gasteiger charge is 2.51. The lowest BCUT2D eigenvalue weighted by atomic mass is 9.86. The number of likely N-dealkylation sites (tertiary alicyclic amines) is 1. The second kappa shape index (κ2) is 6.01. The lowest BCUT2D eigenvalue weighted by Gasteiger charge is -2.34. The normalized spacial score (nSPS) is 26.9. The van der Waals surface area contributed by atoms with Crippen LogP contribution in [0.5, 0.6) is 0 Å². The topological polar surface area (TPSA) is 83.6 Å². The fraction of sp³-hybridized carbons (Fsp3) is 0.857. The Morgan fingerprint density at radius 3 is 2.38 bits per heavy atom. The zero-order chi connectivity index (χ0) is 15.8. The molecule has 2 heterocycles. The summed E-state index contributed by atoms with van der Waals surface area (Å²) < 4.78 is -0.158. The number of nitrogens with zero attached hydrogens (tertiary/aromatic N) is 1. The number of aliphatic carboxylic acids is 1. The van der Waals surface area contributed by atoms with Gasteiger partial charge in [-0.2, -0.15) is 0 Å². The number of carboxylic acid groups (broad SMARTS) is 1. The van der Waals surface area contributed by atoms with Gasteiger partial charge in [0.05, 0.1) is 10.1 Å². The quantitative estimate of drug-likeness (QED) is 0.799. The molecule has 120 valence electrons. The van der Waals surface area contributed by atoms with Gasteiger partial charge in [0.1, 0.15) is 6.04 Å². The zero-order valence-corrected chi connectivity index (χ0v) is 14.4. The van der Waals surface area contributed by atoms with Crippen molar-refractivity contribution in [1.29, 1.82) is 0 Å². The average molecular weight is 332 g/mol. The number of carbonyl (C=O) groups excluding carboxylic acids is 1. The van der Waals surface area contributed by atoms with Crippen molar-refractivity contribution in [2.24, 2.45) is 11.1 Å². The van der Waals surface area contributed by atoms with Crippen LogP contribution >= 0.6 is 23.5 Å². The van der Waals surface area contributed by atoms with E-state index in [1.165, 1.54) is 4.90 Å². The van der Waals surface area contributed by atoms with E-state index in [0.29, 0.717) is 13.0 Å². The van der Waals surface area contributed by atoms with E-state index in [9.17, 15) is 14.7 Å². The van der Waals surface area contributed by atoms with Crippen molar-refractivity contribution in [2.45, 2.75) is 49.8 Å². The lowest BCUT2D eigenvalue weighted by Crippen LogP contribution is -2.53. The number of amides is 1. The van der Waals surface area contributed by atoms with Gasteiger partial charge in [-0.1, -0.05) is 20.8 Å². The summed E-state index contributed by atoms with van der Waals surface area (Å²) in [7, 11) is 0. The Morgan fingerprint density at radius 1 is 1.33 bits per heavy atom. The van der Waals surface area contributed by atoms with E-state index >= 15 is 0 Å². The van der Waals surface area contributed by atoms with Crippen LogP contribution < -0.4 is 5.73 Å². The second-order valence-electron chi connectivity index (χ2n) is 6.83. The molecule has 2 aliphatic heterocycles. The number of carboxylic acids is 1. The minimum Gasteiger partial charge on any atom is -0.480 e. The summed E-state index contributed by atoms with van der Waals surface area (Å²) in [5.74, 6) is 0.908. The van der Waals surface area contributed by atoms with Crippen molar-refractivity contribution in [3.63, 3.8) is 0 Å². The molecule has 0 aromatic carbocycles. The molecule has 0 bridgehead atoms. The molecule has 0 radical (unpaired) electrons. The highest BCUT2D eigenvalue weighted by molar-refractivity contribution is 8.18. The van der Waals surface area contributed by atoms with Crippen molar-refractivity contribution in [3.05, 3.63) is 0 Å². The summed E-state index contributed by atoms with van der Waals surface area (Å²) >= 11 is 3.60. The first-order chi connectivity index (χ1) is 9.66. The number of nitrogens with two attached hydrogens (primary N) is 1. The van der Waals surface area contributed by atoms with Gasteiger partial charge in [0.25, 0.3) is 0 Å². The lowest BCUT2D eigenvalue weighted by molar-refractivity contribution is -0.149. The van der Waals surface area contributed by atoms with Gasteiger partial charge < -0.3 is 15.7 Å². The van der Waals surface area contributed by atoms with Crippen LogP contribution in [0.25, 0.3) is 0 Å². The molecule has 0 aromatic rings. The van der Waals surface area contributed by atoms with E-state index in [1.54, 1.807) is 23.5 Å². The average Bonchev–Trinajstić information content (AvgIpc) is 2.76. The molecule has 2 unspecified atom stereocenters. The summed E-state index contributed by atoms with van der Waals surface area (Å²) in [5, 5.41) is 9.48. The molecule has 3 N–H and O–H groups in total. The summed E-state index contributed by atoms with van der Waals surface area (Å²) in [6, 6.07) is -1.42. The summed E-state index contributed by atoms with van der Waals surface area (Å²) in [6.07, 6.45) is 1.66. The molecular formula is C14H24N2O3S2. The van der Waals surface area contributed by atoms with E-state index in [4.69, 9.17) is 5.73 Å². The second-order valence-corrected chi connectivity index (χ2v) is 10.0. The van der Waals surface area contributed by atoms with Crippen LogP contribution in [0.3, 0.4) is 0 Å². The van der Waals surface area contributed by atoms with E-state index in [1.807, 2.05) is 20.8 Å². The molecule has 0 saturated carbocycles. The fourth-order valence-electron chi connectivity index (χ4n) is 2.67. The van der Waals surface area contributed by atoms with Gasteiger partial charge in [-0.25, -0.2) is 4.79 Å². The highest BCUT2D eigenvalue weighted by atomic mass is 32.2. The predicted octanol–water partition coefficient (Wildman–Crippen LogP) is 1.61. The predicted molar refractivity (Wildman–Crippen MR) is 87.4 cm³/mol. The number of hydrogen-bond acceptors (Lipinski definition) is 5. The van der Waals surface area contributed by atoms with Crippen molar-refractivity contribution in [2.75, 3.05) is 18.1 Å². The maximum atomic E-state index is 12.7. The molecule has 2 saturated heterocycles. The maximum Gasteiger partial charge on any atom is 0.326 e. The van der Waals surface area contributed by atoms with Gasteiger partial charge >= 0.3 is 5.97 Å². The maximum absolute atomic E-state index is 12.7. The minimum atomic E-state index is -0.923. The molecule has 2 atom stereocenters. The first kappa shape index (κ1) is 17.0. The van der Waals surface area contributed by atoms with Gasteiger partial charge in [-0.15, -0.1) is 23.5 Å². The van der Waals surface area contributed by atoms with Crippen LogP contribution in [0.1, 0.15) is 33.6 Å². The molecule has 7 heteroatoms. The summed E-state index contributed by atoms with van der Waals surface area (Å²) in [6.45, 7) is 6.20. The molecule has 2 aliphatic rings. The molecule has 0 aromatic heterocycles. The van der Waals surface area contributed by atoms with E-state index in [-0.39, 0.29) is 15.4 Å². The van der Waals surface area contributed by atoms with Gasteiger partial charge in [0.15, 0.2) is 0 Å². The smallest absolute Gasteiger partial charge is 0.326 e. The Hall–Kier alpha value is -0.400. The van der Waals surface area contributed by atoms with Crippen LogP contribution in [0.15, 0.2) is 0 Å². The van der Waals surface area contributed by atoms with Crippen molar-refractivity contribution >= 4 is 35.4 Å². The Labute approximate surface area is 134 Å².